The van der Waals surface area contributed by atoms with Gasteiger partial charge in [0, 0.05) is 30.6 Å². The van der Waals surface area contributed by atoms with Crippen molar-refractivity contribution in [3.05, 3.63) is 63.7 Å². The molecule has 122 valence electrons. The van der Waals surface area contributed by atoms with Gasteiger partial charge < -0.3 is 10.2 Å². The SMILES string of the molecule is CN1C(=O)Cc2cc(NC(=O)Cc3ccc([N+](=O)[O-])cc3)ccc21. The molecule has 7 heteroatoms. The van der Waals surface area contributed by atoms with Crippen molar-refractivity contribution < 1.29 is 14.5 Å². The molecule has 0 atom stereocenters. The van der Waals surface area contributed by atoms with Gasteiger partial charge in [-0.2, -0.15) is 0 Å². The fourth-order valence-corrected chi connectivity index (χ4v) is 2.67. The van der Waals surface area contributed by atoms with Crippen molar-refractivity contribution in [1.29, 1.82) is 0 Å². The van der Waals surface area contributed by atoms with Gasteiger partial charge in [-0.05, 0) is 29.3 Å². The number of hydrogen-bond acceptors (Lipinski definition) is 4. The maximum absolute atomic E-state index is 12.1. The van der Waals surface area contributed by atoms with Crippen LogP contribution in [0.2, 0.25) is 0 Å². The largest absolute Gasteiger partial charge is 0.326 e. The number of non-ortho nitro benzene ring substituents is 1. The average Bonchev–Trinajstić information content (AvgIpc) is 2.82. The van der Waals surface area contributed by atoms with Crippen molar-refractivity contribution >= 4 is 28.9 Å². The molecule has 2 amide bonds. The molecule has 24 heavy (non-hydrogen) atoms. The van der Waals surface area contributed by atoms with E-state index in [0.29, 0.717) is 17.7 Å². The second-order valence-electron chi connectivity index (χ2n) is 5.62. The lowest BCUT2D eigenvalue weighted by atomic mass is 10.1. The topological polar surface area (TPSA) is 92.6 Å². The Morgan fingerprint density at radius 1 is 1.25 bits per heavy atom. The van der Waals surface area contributed by atoms with Crippen molar-refractivity contribution in [2.24, 2.45) is 0 Å². The quantitative estimate of drug-likeness (QED) is 0.689. The Morgan fingerprint density at radius 3 is 2.62 bits per heavy atom. The first-order valence-corrected chi connectivity index (χ1v) is 7.37. The Morgan fingerprint density at radius 2 is 1.96 bits per heavy atom. The normalized spacial score (nSPS) is 12.9. The zero-order valence-corrected chi connectivity index (χ0v) is 13.0. The lowest BCUT2D eigenvalue weighted by Gasteiger charge is -2.11. The number of benzene rings is 2. The summed E-state index contributed by atoms with van der Waals surface area (Å²) in [6.45, 7) is 0. The molecule has 0 fully saturated rings. The first kappa shape index (κ1) is 15.7. The summed E-state index contributed by atoms with van der Waals surface area (Å²) < 4.78 is 0. The Kier molecular flexibility index (Phi) is 3.99. The van der Waals surface area contributed by atoms with Gasteiger partial charge in [0.05, 0.1) is 17.8 Å². The van der Waals surface area contributed by atoms with Crippen LogP contribution in [0.15, 0.2) is 42.5 Å². The summed E-state index contributed by atoms with van der Waals surface area (Å²) >= 11 is 0. The monoisotopic (exact) mass is 325 g/mol. The smallest absolute Gasteiger partial charge is 0.269 e. The van der Waals surface area contributed by atoms with E-state index in [2.05, 4.69) is 5.32 Å². The first-order chi connectivity index (χ1) is 11.4. The fourth-order valence-electron chi connectivity index (χ4n) is 2.67. The molecule has 0 aliphatic carbocycles. The third kappa shape index (κ3) is 3.10. The molecule has 1 N–H and O–H groups in total. The third-order valence-electron chi connectivity index (χ3n) is 3.95. The predicted octanol–water partition coefficient (Wildman–Crippen LogP) is 2.29. The molecule has 0 bridgehead atoms. The molecular weight excluding hydrogens is 310 g/mol. The highest BCUT2D eigenvalue weighted by Gasteiger charge is 2.24. The highest BCUT2D eigenvalue weighted by Crippen LogP contribution is 2.30. The summed E-state index contributed by atoms with van der Waals surface area (Å²) in [5, 5.41) is 13.4. The van der Waals surface area contributed by atoms with Crippen LogP contribution in [0.25, 0.3) is 0 Å². The standard InChI is InChI=1S/C17H15N3O4/c1-19-15-7-4-13(9-12(15)10-17(19)22)18-16(21)8-11-2-5-14(6-3-11)20(23)24/h2-7,9H,8,10H2,1H3,(H,18,21). The van der Waals surface area contributed by atoms with Crippen molar-refractivity contribution in [2.45, 2.75) is 12.8 Å². The number of likely N-dealkylation sites (N-methyl/N-ethyl adjacent to an activating group) is 1. The van der Waals surface area contributed by atoms with Gasteiger partial charge in [-0.1, -0.05) is 12.1 Å². The van der Waals surface area contributed by atoms with Crippen LogP contribution < -0.4 is 10.2 Å². The highest BCUT2D eigenvalue weighted by molar-refractivity contribution is 6.02. The second kappa shape index (κ2) is 6.11. The number of nitro groups is 1. The molecule has 0 aromatic heterocycles. The van der Waals surface area contributed by atoms with E-state index in [1.165, 1.54) is 12.1 Å². The van der Waals surface area contributed by atoms with E-state index in [-0.39, 0.29) is 23.9 Å². The van der Waals surface area contributed by atoms with Crippen LogP contribution >= 0.6 is 0 Å². The van der Waals surface area contributed by atoms with Gasteiger partial charge in [0.15, 0.2) is 0 Å². The van der Waals surface area contributed by atoms with E-state index >= 15 is 0 Å². The lowest BCUT2D eigenvalue weighted by molar-refractivity contribution is -0.384. The third-order valence-corrected chi connectivity index (χ3v) is 3.95. The summed E-state index contributed by atoms with van der Waals surface area (Å²) in [6, 6.07) is 11.2. The number of nitrogens with one attached hydrogen (secondary N) is 1. The molecule has 3 rings (SSSR count). The fraction of sp³-hybridized carbons (Fsp3) is 0.176. The van der Waals surface area contributed by atoms with Crippen LogP contribution in [0.4, 0.5) is 17.1 Å². The Labute approximate surface area is 138 Å². The molecule has 2 aromatic rings. The number of rotatable bonds is 4. The molecule has 1 heterocycles. The van der Waals surface area contributed by atoms with Crippen molar-refractivity contribution in [3.63, 3.8) is 0 Å². The van der Waals surface area contributed by atoms with Gasteiger partial charge in [-0.25, -0.2) is 0 Å². The van der Waals surface area contributed by atoms with E-state index in [9.17, 15) is 19.7 Å². The number of carbonyl (C=O) groups is 2. The van der Waals surface area contributed by atoms with E-state index in [1.807, 2.05) is 6.07 Å². The zero-order chi connectivity index (χ0) is 17.3. The van der Waals surface area contributed by atoms with E-state index in [0.717, 1.165) is 11.3 Å². The molecule has 2 aromatic carbocycles. The molecule has 0 unspecified atom stereocenters. The molecule has 1 aliphatic heterocycles. The predicted molar refractivity (Wildman–Crippen MR) is 89.0 cm³/mol. The minimum atomic E-state index is -0.479. The van der Waals surface area contributed by atoms with Gasteiger partial charge in [-0.3, -0.25) is 19.7 Å². The van der Waals surface area contributed by atoms with E-state index < -0.39 is 4.92 Å². The van der Waals surface area contributed by atoms with Crippen LogP contribution in [0, 0.1) is 10.1 Å². The lowest BCUT2D eigenvalue weighted by Crippen LogP contribution is -2.20. The number of nitrogens with zero attached hydrogens (tertiary/aromatic N) is 2. The minimum Gasteiger partial charge on any atom is -0.326 e. The van der Waals surface area contributed by atoms with Crippen LogP contribution in [0.3, 0.4) is 0 Å². The van der Waals surface area contributed by atoms with Crippen LogP contribution in [-0.2, 0) is 22.4 Å². The zero-order valence-electron chi connectivity index (χ0n) is 13.0. The number of carbonyl (C=O) groups excluding carboxylic acids is 2. The van der Waals surface area contributed by atoms with E-state index in [1.54, 1.807) is 36.2 Å². The maximum atomic E-state index is 12.1. The molecular formula is C17H15N3O4. The molecule has 0 radical (unpaired) electrons. The summed E-state index contributed by atoms with van der Waals surface area (Å²) in [7, 11) is 1.72. The number of amides is 2. The number of hydrogen-bond donors (Lipinski definition) is 1. The Hall–Kier alpha value is -3.22. The molecule has 1 aliphatic rings. The van der Waals surface area contributed by atoms with Crippen molar-refractivity contribution in [1.82, 2.24) is 0 Å². The number of fused-ring (bicyclic) bond motifs is 1. The van der Waals surface area contributed by atoms with Gasteiger partial charge >= 0.3 is 0 Å². The minimum absolute atomic E-state index is 0.00781. The Bertz CT molecular complexity index is 830. The number of nitro benzene ring substituents is 1. The molecule has 0 saturated carbocycles. The molecule has 0 saturated heterocycles. The average molecular weight is 325 g/mol. The van der Waals surface area contributed by atoms with Crippen molar-refractivity contribution in [2.75, 3.05) is 17.3 Å². The van der Waals surface area contributed by atoms with Crippen LogP contribution in [-0.4, -0.2) is 23.8 Å². The van der Waals surface area contributed by atoms with Crippen LogP contribution in [0.1, 0.15) is 11.1 Å². The summed E-state index contributed by atoms with van der Waals surface area (Å²) in [5.74, 6) is -0.194. The summed E-state index contributed by atoms with van der Waals surface area (Å²) in [4.78, 5) is 35.5. The van der Waals surface area contributed by atoms with Gasteiger partial charge in [-0.15, -0.1) is 0 Å². The van der Waals surface area contributed by atoms with Crippen molar-refractivity contribution in [3.8, 4) is 0 Å². The molecule has 7 nitrogen and oxygen atoms in total. The van der Waals surface area contributed by atoms with Crippen LogP contribution in [0.5, 0.6) is 0 Å². The molecule has 0 spiro atoms. The van der Waals surface area contributed by atoms with Gasteiger partial charge in [0.2, 0.25) is 11.8 Å². The highest BCUT2D eigenvalue weighted by atomic mass is 16.6. The van der Waals surface area contributed by atoms with Gasteiger partial charge in [0.25, 0.3) is 5.69 Å². The summed E-state index contributed by atoms with van der Waals surface area (Å²) in [5.41, 5.74) is 3.05. The second-order valence-corrected chi connectivity index (χ2v) is 5.62. The first-order valence-electron chi connectivity index (χ1n) is 7.37. The Balaban J connectivity index is 1.66. The summed E-state index contributed by atoms with van der Waals surface area (Å²) in [6.07, 6.45) is 0.450. The number of anilines is 2. The van der Waals surface area contributed by atoms with E-state index in [4.69, 9.17) is 0 Å². The van der Waals surface area contributed by atoms with Gasteiger partial charge in [0.1, 0.15) is 0 Å². The maximum Gasteiger partial charge on any atom is 0.269 e.